The zero-order valence-electron chi connectivity index (χ0n) is 13.8. The van der Waals surface area contributed by atoms with Gasteiger partial charge in [-0.05, 0) is 24.6 Å². The lowest BCUT2D eigenvalue weighted by molar-refractivity contribution is -0.136. The van der Waals surface area contributed by atoms with E-state index >= 15 is 0 Å². The topological polar surface area (TPSA) is 57.6 Å². The number of hydrogen-bond donors (Lipinski definition) is 1. The van der Waals surface area contributed by atoms with Gasteiger partial charge in [-0.1, -0.05) is 42.5 Å². The van der Waals surface area contributed by atoms with E-state index < -0.39 is 11.2 Å². The van der Waals surface area contributed by atoms with Gasteiger partial charge in [-0.2, -0.15) is 0 Å². The monoisotopic (exact) mass is 373 g/mol. The third kappa shape index (κ3) is 4.02. The molecule has 1 heterocycles. The van der Waals surface area contributed by atoms with Gasteiger partial charge in [0, 0.05) is 10.6 Å². The summed E-state index contributed by atoms with van der Waals surface area (Å²) in [6.45, 7) is 1.61. The number of fused-ring (bicyclic) bond motifs is 1. The summed E-state index contributed by atoms with van der Waals surface area (Å²) in [4.78, 5) is 26.9. The van der Waals surface area contributed by atoms with Gasteiger partial charge in [-0.15, -0.1) is 23.5 Å². The Hall–Kier alpha value is -1.92. The van der Waals surface area contributed by atoms with Gasteiger partial charge < -0.3 is 10.0 Å². The molecule has 0 aliphatic carbocycles. The van der Waals surface area contributed by atoms with Crippen LogP contribution in [0.5, 0.6) is 0 Å². The molecule has 1 aliphatic rings. The fraction of sp³-hybridized carbons (Fsp3) is 0.263. The molecular formula is C19H19NO3S2. The number of aliphatic carboxylic acids is 1. The second kappa shape index (κ2) is 7.97. The number of thioether (sulfide) groups is 2. The van der Waals surface area contributed by atoms with Crippen LogP contribution in [0.1, 0.15) is 18.5 Å². The molecule has 1 N–H and O–H groups in total. The summed E-state index contributed by atoms with van der Waals surface area (Å²) >= 11 is 2.91. The van der Waals surface area contributed by atoms with Crippen molar-refractivity contribution in [3.8, 4) is 0 Å². The van der Waals surface area contributed by atoms with Gasteiger partial charge in [0.15, 0.2) is 0 Å². The summed E-state index contributed by atoms with van der Waals surface area (Å²) in [7, 11) is 0. The van der Waals surface area contributed by atoms with E-state index in [0.29, 0.717) is 0 Å². The average Bonchev–Trinajstić information content (AvgIpc) is 2.65. The van der Waals surface area contributed by atoms with Crippen LogP contribution in [-0.4, -0.2) is 33.7 Å². The van der Waals surface area contributed by atoms with Gasteiger partial charge in [0.05, 0.1) is 22.7 Å². The minimum Gasteiger partial charge on any atom is -0.480 e. The number of benzene rings is 2. The van der Waals surface area contributed by atoms with E-state index in [9.17, 15) is 9.59 Å². The van der Waals surface area contributed by atoms with Crippen LogP contribution in [0.4, 0.5) is 5.69 Å². The normalized spacial score (nSPS) is 17.6. The minimum atomic E-state index is -0.896. The molecule has 0 aromatic heterocycles. The fourth-order valence-corrected chi connectivity index (χ4v) is 4.60. The summed E-state index contributed by atoms with van der Waals surface area (Å²) in [5.41, 5.74) is 2.00. The summed E-state index contributed by atoms with van der Waals surface area (Å²) < 4.78 is 0. The van der Waals surface area contributed by atoms with Crippen molar-refractivity contribution < 1.29 is 14.7 Å². The average molecular weight is 373 g/mol. The van der Waals surface area contributed by atoms with Crippen LogP contribution in [0.3, 0.4) is 0 Å². The second-order valence-electron chi connectivity index (χ2n) is 5.76. The van der Waals surface area contributed by atoms with E-state index in [-0.39, 0.29) is 17.7 Å². The molecule has 0 bridgehead atoms. The SMILES string of the molecule is C[C@@H](SCC(=O)N1c2ccccc2SC[C@H]1c1ccccc1)C(=O)O. The molecule has 0 saturated carbocycles. The van der Waals surface area contributed by atoms with E-state index in [1.54, 1.807) is 18.7 Å². The van der Waals surface area contributed by atoms with Crippen molar-refractivity contribution in [2.45, 2.75) is 23.1 Å². The van der Waals surface area contributed by atoms with Crippen molar-refractivity contribution in [1.29, 1.82) is 0 Å². The predicted molar refractivity (Wildman–Crippen MR) is 103 cm³/mol. The number of hydrogen-bond acceptors (Lipinski definition) is 4. The van der Waals surface area contributed by atoms with Crippen LogP contribution in [0.15, 0.2) is 59.5 Å². The highest BCUT2D eigenvalue weighted by atomic mass is 32.2. The first-order valence-electron chi connectivity index (χ1n) is 8.01. The lowest BCUT2D eigenvalue weighted by Crippen LogP contribution is -2.40. The molecule has 3 rings (SSSR count). The third-order valence-corrected chi connectivity index (χ3v) is 6.34. The van der Waals surface area contributed by atoms with Gasteiger partial charge in [-0.25, -0.2) is 0 Å². The fourth-order valence-electron chi connectivity index (χ4n) is 2.76. The first-order chi connectivity index (χ1) is 12.1. The van der Waals surface area contributed by atoms with E-state index in [1.165, 1.54) is 0 Å². The summed E-state index contributed by atoms with van der Waals surface area (Å²) in [6, 6.07) is 17.8. The van der Waals surface area contributed by atoms with Crippen LogP contribution in [0.2, 0.25) is 0 Å². The second-order valence-corrected chi connectivity index (χ2v) is 8.15. The highest BCUT2D eigenvalue weighted by Crippen LogP contribution is 2.43. The quantitative estimate of drug-likeness (QED) is 0.856. The van der Waals surface area contributed by atoms with Crippen molar-refractivity contribution in [1.82, 2.24) is 0 Å². The van der Waals surface area contributed by atoms with Crippen LogP contribution in [0.25, 0.3) is 0 Å². The molecule has 0 unspecified atom stereocenters. The lowest BCUT2D eigenvalue weighted by Gasteiger charge is -2.37. The van der Waals surface area contributed by atoms with E-state index in [0.717, 1.165) is 33.7 Å². The molecule has 0 spiro atoms. The molecule has 1 amide bonds. The van der Waals surface area contributed by atoms with Crippen molar-refractivity contribution in [3.63, 3.8) is 0 Å². The predicted octanol–water partition coefficient (Wildman–Crippen LogP) is 4.07. The lowest BCUT2D eigenvalue weighted by atomic mass is 10.1. The molecule has 0 radical (unpaired) electrons. The molecule has 6 heteroatoms. The summed E-state index contributed by atoms with van der Waals surface area (Å²) in [5.74, 6) is -0.0199. The third-order valence-electron chi connectivity index (χ3n) is 4.09. The van der Waals surface area contributed by atoms with Gasteiger partial charge in [0.25, 0.3) is 0 Å². The number of nitrogens with zero attached hydrogens (tertiary/aromatic N) is 1. The molecule has 2 aromatic rings. The Kier molecular flexibility index (Phi) is 5.71. The Labute approximate surface area is 155 Å². The Bertz CT molecular complexity index is 766. The largest absolute Gasteiger partial charge is 0.480 e. The number of amides is 1. The van der Waals surface area contributed by atoms with Crippen molar-refractivity contribution in [2.75, 3.05) is 16.4 Å². The first kappa shape index (κ1) is 17.9. The smallest absolute Gasteiger partial charge is 0.316 e. The van der Waals surface area contributed by atoms with Gasteiger partial charge in [0.1, 0.15) is 0 Å². The number of rotatable bonds is 5. The Morgan fingerprint density at radius 1 is 1.20 bits per heavy atom. The van der Waals surface area contributed by atoms with Gasteiger partial charge in [0.2, 0.25) is 5.91 Å². The zero-order chi connectivity index (χ0) is 17.8. The van der Waals surface area contributed by atoms with Crippen LogP contribution in [-0.2, 0) is 9.59 Å². The van der Waals surface area contributed by atoms with Gasteiger partial charge in [-0.3, -0.25) is 9.59 Å². The number of carbonyl (C=O) groups is 2. The molecule has 0 saturated heterocycles. The number of para-hydroxylation sites is 1. The van der Waals surface area contributed by atoms with Crippen molar-refractivity contribution in [2.24, 2.45) is 0 Å². The molecule has 2 aromatic carbocycles. The van der Waals surface area contributed by atoms with Crippen molar-refractivity contribution >= 4 is 41.1 Å². The molecule has 1 aliphatic heterocycles. The van der Waals surface area contributed by atoms with E-state index in [4.69, 9.17) is 5.11 Å². The maximum atomic E-state index is 13.0. The Morgan fingerprint density at radius 2 is 1.88 bits per heavy atom. The van der Waals surface area contributed by atoms with E-state index in [2.05, 4.69) is 0 Å². The van der Waals surface area contributed by atoms with Crippen LogP contribution >= 0.6 is 23.5 Å². The minimum absolute atomic E-state index is 0.0469. The maximum Gasteiger partial charge on any atom is 0.316 e. The first-order valence-corrected chi connectivity index (χ1v) is 10.0. The number of carbonyl (C=O) groups excluding carboxylic acids is 1. The number of carboxylic acids is 1. The van der Waals surface area contributed by atoms with Gasteiger partial charge >= 0.3 is 5.97 Å². The molecule has 25 heavy (non-hydrogen) atoms. The number of carboxylic acid groups (broad SMARTS) is 1. The Balaban J connectivity index is 1.89. The Morgan fingerprint density at radius 3 is 2.60 bits per heavy atom. The molecular weight excluding hydrogens is 354 g/mol. The molecule has 4 nitrogen and oxygen atoms in total. The molecule has 0 fully saturated rings. The van der Waals surface area contributed by atoms with Crippen molar-refractivity contribution in [3.05, 3.63) is 60.2 Å². The van der Waals surface area contributed by atoms with Crippen LogP contribution < -0.4 is 4.90 Å². The number of anilines is 1. The molecule has 2 atom stereocenters. The maximum absolute atomic E-state index is 13.0. The summed E-state index contributed by atoms with van der Waals surface area (Å²) in [6.07, 6.45) is 0. The summed E-state index contributed by atoms with van der Waals surface area (Å²) in [5, 5.41) is 8.44. The highest BCUT2D eigenvalue weighted by molar-refractivity contribution is 8.01. The zero-order valence-corrected chi connectivity index (χ0v) is 15.4. The highest BCUT2D eigenvalue weighted by Gasteiger charge is 2.32. The van der Waals surface area contributed by atoms with Crippen LogP contribution in [0, 0.1) is 0 Å². The van der Waals surface area contributed by atoms with E-state index in [1.807, 2.05) is 59.5 Å². The standard InChI is InChI=1S/C19H19NO3S2/c1-13(19(22)23)24-12-18(21)20-15-9-5-6-10-17(15)25-11-16(20)14-7-3-2-4-8-14/h2-10,13,16H,11-12H2,1H3,(H,22,23)/t13-,16+/m1/s1. The molecule has 130 valence electrons.